The van der Waals surface area contributed by atoms with Gasteiger partial charge in [-0.2, -0.15) is 0 Å². The number of aryl methyl sites for hydroxylation is 2. The highest BCUT2D eigenvalue weighted by molar-refractivity contribution is 7.15. The summed E-state index contributed by atoms with van der Waals surface area (Å²) < 4.78 is 2.28. The first-order valence-electron chi connectivity index (χ1n) is 10.9. The van der Waals surface area contributed by atoms with Crippen molar-refractivity contribution < 1.29 is 0 Å². The van der Waals surface area contributed by atoms with Gasteiger partial charge in [-0.15, -0.1) is 11.3 Å². The first-order valence-corrected chi connectivity index (χ1v) is 11.7. The van der Waals surface area contributed by atoms with Crippen LogP contribution in [0.1, 0.15) is 29.8 Å². The van der Waals surface area contributed by atoms with Crippen molar-refractivity contribution >= 4 is 22.0 Å². The van der Waals surface area contributed by atoms with Crippen molar-refractivity contribution in [2.75, 3.05) is 44.2 Å². The molecule has 154 valence electrons. The SMILES string of the molecule is Cc1ccccc1N1CCN([C@H]2CCCN(Cc3c(C)nc4sccn34)C2)CC1. The maximum absolute atomic E-state index is 4.73. The van der Waals surface area contributed by atoms with Crippen LogP contribution in [0.3, 0.4) is 0 Å². The molecule has 1 atom stereocenters. The molecule has 5 nitrogen and oxygen atoms in total. The van der Waals surface area contributed by atoms with E-state index in [-0.39, 0.29) is 0 Å². The quantitative estimate of drug-likeness (QED) is 0.655. The minimum Gasteiger partial charge on any atom is -0.369 e. The summed E-state index contributed by atoms with van der Waals surface area (Å²) in [5, 5.41) is 2.14. The van der Waals surface area contributed by atoms with E-state index in [4.69, 9.17) is 4.98 Å². The number of para-hydroxylation sites is 1. The smallest absolute Gasteiger partial charge is 0.194 e. The van der Waals surface area contributed by atoms with Gasteiger partial charge in [0.25, 0.3) is 0 Å². The minimum absolute atomic E-state index is 0.689. The Morgan fingerprint density at radius 2 is 1.90 bits per heavy atom. The Morgan fingerprint density at radius 3 is 2.72 bits per heavy atom. The average molecular weight is 410 g/mol. The number of anilines is 1. The molecule has 0 radical (unpaired) electrons. The van der Waals surface area contributed by atoms with Gasteiger partial charge in [0.2, 0.25) is 0 Å². The Bertz CT molecular complexity index is 969. The fourth-order valence-corrected chi connectivity index (χ4v) is 5.84. The molecule has 6 heteroatoms. The van der Waals surface area contributed by atoms with E-state index in [1.807, 2.05) is 0 Å². The van der Waals surface area contributed by atoms with Crippen molar-refractivity contribution in [3.05, 3.63) is 52.8 Å². The molecular weight excluding hydrogens is 378 g/mol. The monoisotopic (exact) mass is 409 g/mol. The number of nitrogens with zero attached hydrogens (tertiary/aromatic N) is 5. The Balaban J connectivity index is 1.21. The Hall–Kier alpha value is -1.89. The minimum atomic E-state index is 0.689. The molecule has 0 unspecified atom stereocenters. The summed E-state index contributed by atoms with van der Waals surface area (Å²) in [4.78, 5) is 13.8. The molecule has 2 aliphatic heterocycles. The lowest BCUT2D eigenvalue weighted by atomic mass is 10.0. The maximum atomic E-state index is 4.73. The molecule has 2 aliphatic rings. The topological polar surface area (TPSA) is 27.0 Å². The van der Waals surface area contributed by atoms with Gasteiger partial charge in [-0.25, -0.2) is 4.98 Å². The lowest BCUT2D eigenvalue weighted by molar-refractivity contribution is 0.0878. The van der Waals surface area contributed by atoms with Crippen molar-refractivity contribution in [1.29, 1.82) is 0 Å². The molecule has 29 heavy (non-hydrogen) atoms. The zero-order valence-corrected chi connectivity index (χ0v) is 18.4. The van der Waals surface area contributed by atoms with Gasteiger partial charge in [0.1, 0.15) is 0 Å². The largest absolute Gasteiger partial charge is 0.369 e. The summed E-state index contributed by atoms with van der Waals surface area (Å²) in [5.74, 6) is 0. The molecule has 0 aliphatic carbocycles. The van der Waals surface area contributed by atoms with Crippen LogP contribution in [-0.2, 0) is 6.54 Å². The third-order valence-corrected chi connectivity index (χ3v) is 7.46. The highest BCUT2D eigenvalue weighted by atomic mass is 32.1. The van der Waals surface area contributed by atoms with Gasteiger partial charge < -0.3 is 4.90 Å². The van der Waals surface area contributed by atoms with Crippen molar-refractivity contribution in [3.8, 4) is 0 Å². The van der Waals surface area contributed by atoms with Crippen LogP contribution in [0.2, 0.25) is 0 Å². The lowest BCUT2D eigenvalue weighted by Gasteiger charge is -2.44. The van der Waals surface area contributed by atoms with Crippen molar-refractivity contribution in [2.45, 2.75) is 39.3 Å². The van der Waals surface area contributed by atoms with Gasteiger partial charge in [-0.05, 0) is 44.9 Å². The molecule has 4 heterocycles. The first-order chi connectivity index (χ1) is 14.2. The number of hydrogen-bond donors (Lipinski definition) is 0. The van der Waals surface area contributed by atoms with Gasteiger partial charge in [0.15, 0.2) is 4.96 Å². The van der Waals surface area contributed by atoms with Crippen molar-refractivity contribution in [3.63, 3.8) is 0 Å². The van der Waals surface area contributed by atoms with E-state index >= 15 is 0 Å². The summed E-state index contributed by atoms with van der Waals surface area (Å²) in [7, 11) is 0. The van der Waals surface area contributed by atoms with E-state index < -0.39 is 0 Å². The summed E-state index contributed by atoms with van der Waals surface area (Å²) >= 11 is 1.73. The van der Waals surface area contributed by atoms with Crippen LogP contribution in [0.25, 0.3) is 4.96 Å². The first kappa shape index (κ1) is 19.1. The van der Waals surface area contributed by atoms with Gasteiger partial charge in [-0.1, -0.05) is 18.2 Å². The maximum Gasteiger partial charge on any atom is 0.194 e. The molecule has 0 amide bonds. The van der Waals surface area contributed by atoms with Crippen molar-refractivity contribution in [1.82, 2.24) is 19.2 Å². The third kappa shape index (κ3) is 3.81. The van der Waals surface area contributed by atoms with Crippen LogP contribution < -0.4 is 4.90 Å². The van der Waals surface area contributed by atoms with Crippen LogP contribution >= 0.6 is 11.3 Å². The van der Waals surface area contributed by atoms with E-state index in [1.54, 1.807) is 11.3 Å². The van der Waals surface area contributed by atoms with Gasteiger partial charge in [0.05, 0.1) is 11.4 Å². The molecule has 2 aromatic heterocycles. The highest BCUT2D eigenvalue weighted by Gasteiger charge is 2.29. The molecule has 2 fully saturated rings. The van der Waals surface area contributed by atoms with Gasteiger partial charge >= 0.3 is 0 Å². The summed E-state index contributed by atoms with van der Waals surface area (Å²) in [6, 6.07) is 9.48. The zero-order valence-electron chi connectivity index (χ0n) is 17.5. The Morgan fingerprint density at radius 1 is 1.07 bits per heavy atom. The number of piperidine rings is 1. The number of aromatic nitrogens is 2. The second-order valence-corrected chi connectivity index (χ2v) is 9.41. The molecule has 0 saturated carbocycles. The molecule has 0 spiro atoms. The molecule has 0 bridgehead atoms. The van der Waals surface area contributed by atoms with Gasteiger partial charge in [0, 0.05) is 62.6 Å². The summed E-state index contributed by atoms with van der Waals surface area (Å²) in [5.41, 5.74) is 5.35. The summed E-state index contributed by atoms with van der Waals surface area (Å²) in [6.45, 7) is 12.4. The second-order valence-electron chi connectivity index (χ2n) is 8.54. The van der Waals surface area contributed by atoms with E-state index in [2.05, 4.69) is 68.8 Å². The number of thiazole rings is 1. The van der Waals surface area contributed by atoms with Crippen LogP contribution in [0, 0.1) is 13.8 Å². The third-order valence-electron chi connectivity index (χ3n) is 6.70. The van der Waals surface area contributed by atoms with Crippen molar-refractivity contribution in [2.24, 2.45) is 0 Å². The molecule has 1 aromatic carbocycles. The number of piperazine rings is 1. The van der Waals surface area contributed by atoms with Crippen LogP contribution in [-0.4, -0.2) is 64.5 Å². The second kappa shape index (κ2) is 8.09. The number of likely N-dealkylation sites (tertiary alicyclic amines) is 1. The van der Waals surface area contributed by atoms with E-state index in [0.29, 0.717) is 6.04 Å². The molecule has 3 aromatic rings. The van der Waals surface area contributed by atoms with E-state index in [1.165, 1.54) is 61.7 Å². The summed E-state index contributed by atoms with van der Waals surface area (Å²) in [6.07, 6.45) is 4.80. The molecule has 2 saturated heterocycles. The van der Waals surface area contributed by atoms with Crippen LogP contribution in [0.4, 0.5) is 5.69 Å². The molecular formula is C23H31N5S. The number of rotatable bonds is 4. The standard InChI is InChI=1S/C23H31N5S/c1-18-6-3-4-8-21(18)27-12-10-26(11-13-27)20-7-5-9-25(16-20)17-22-19(2)24-23-28(22)14-15-29-23/h3-4,6,8,14-15,20H,5,7,9-13,16-17H2,1-2H3/t20-/m0/s1. The number of imidazole rings is 1. The van der Waals surface area contributed by atoms with Crippen LogP contribution in [0.5, 0.6) is 0 Å². The number of fused-ring (bicyclic) bond motifs is 1. The fourth-order valence-electron chi connectivity index (χ4n) is 5.06. The predicted molar refractivity (Wildman–Crippen MR) is 121 cm³/mol. The average Bonchev–Trinajstić information content (AvgIpc) is 3.31. The number of benzene rings is 1. The Labute approximate surface area is 177 Å². The predicted octanol–water partition coefficient (Wildman–Crippen LogP) is 3.80. The molecule has 0 N–H and O–H groups in total. The molecule has 5 rings (SSSR count). The fraction of sp³-hybridized carbons (Fsp3) is 0.522. The Kier molecular flexibility index (Phi) is 5.33. The lowest BCUT2D eigenvalue weighted by Crippen LogP contribution is -2.55. The normalized spacial score (nSPS) is 21.9. The van der Waals surface area contributed by atoms with E-state index in [0.717, 1.165) is 24.6 Å². The number of hydrogen-bond acceptors (Lipinski definition) is 5. The van der Waals surface area contributed by atoms with Crippen LogP contribution in [0.15, 0.2) is 35.8 Å². The van der Waals surface area contributed by atoms with Gasteiger partial charge in [-0.3, -0.25) is 14.2 Å². The highest BCUT2D eigenvalue weighted by Crippen LogP contribution is 2.25. The van der Waals surface area contributed by atoms with E-state index in [9.17, 15) is 0 Å². The zero-order chi connectivity index (χ0) is 19.8.